The summed E-state index contributed by atoms with van der Waals surface area (Å²) in [5, 5.41) is 13.8. The fourth-order valence-electron chi connectivity index (χ4n) is 4.93. The van der Waals surface area contributed by atoms with Crippen LogP contribution in [0.2, 0.25) is 0 Å². The Hall–Kier alpha value is -3.88. The van der Waals surface area contributed by atoms with Crippen LogP contribution in [0.15, 0.2) is 48.7 Å². The lowest BCUT2D eigenvalue weighted by molar-refractivity contribution is -0.131. The number of fused-ring (bicyclic) bond motifs is 2. The lowest BCUT2D eigenvalue weighted by atomic mass is 9.97. The van der Waals surface area contributed by atoms with Crippen LogP contribution in [0.1, 0.15) is 31.2 Å². The van der Waals surface area contributed by atoms with E-state index in [-0.39, 0.29) is 5.91 Å². The number of benzene rings is 2. The highest BCUT2D eigenvalue weighted by atomic mass is 16.6. The van der Waals surface area contributed by atoms with Crippen molar-refractivity contribution in [3.05, 3.63) is 60.0 Å². The average molecular weight is 444 g/mol. The second kappa shape index (κ2) is 7.61. The third-order valence-electron chi connectivity index (χ3n) is 6.72. The molecule has 9 heteroatoms. The SMILES string of the molecule is CC1(c2nnnn2-c2ccc3c(c2)OCCO3)CCC(=O)N1CCc1c[nH]c2ccccc12. The number of nitrogens with zero attached hydrogens (tertiary/aromatic N) is 5. The van der Waals surface area contributed by atoms with Gasteiger partial charge in [0.05, 0.1) is 5.69 Å². The van der Waals surface area contributed by atoms with Crippen LogP contribution in [0.4, 0.5) is 0 Å². The second-order valence-electron chi connectivity index (χ2n) is 8.67. The number of amides is 1. The number of hydrogen-bond acceptors (Lipinski definition) is 6. The molecule has 0 radical (unpaired) electrons. The van der Waals surface area contributed by atoms with Gasteiger partial charge >= 0.3 is 0 Å². The Kier molecular flexibility index (Phi) is 4.56. The lowest BCUT2D eigenvalue weighted by Crippen LogP contribution is -2.44. The predicted octanol–water partition coefficient (Wildman–Crippen LogP) is 3.00. The summed E-state index contributed by atoms with van der Waals surface area (Å²) < 4.78 is 13.1. The predicted molar refractivity (Wildman–Crippen MR) is 120 cm³/mol. The number of tetrazole rings is 1. The molecule has 2 aliphatic heterocycles. The van der Waals surface area contributed by atoms with Crippen LogP contribution < -0.4 is 9.47 Å². The summed E-state index contributed by atoms with van der Waals surface area (Å²) in [6, 6.07) is 13.9. The Morgan fingerprint density at radius 2 is 1.97 bits per heavy atom. The minimum Gasteiger partial charge on any atom is -0.486 e. The summed E-state index contributed by atoms with van der Waals surface area (Å²) in [7, 11) is 0. The minimum absolute atomic E-state index is 0.120. The van der Waals surface area contributed by atoms with Crippen LogP contribution in [-0.4, -0.2) is 55.8 Å². The largest absolute Gasteiger partial charge is 0.486 e. The zero-order valence-electron chi connectivity index (χ0n) is 18.3. The second-order valence-corrected chi connectivity index (χ2v) is 8.67. The van der Waals surface area contributed by atoms with Crippen molar-refractivity contribution in [1.82, 2.24) is 30.1 Å². The maximum Gasteiger partial charge on any atom is 0.223 e. The van der Waals surface area contributed by atoms with Gasteiger partial charge in [-0.15, -0.1) is 5.10 Å². The number of aromatic amines is 1. The maximum absolute atomic E-state index is 13.0. The van der Waals surface area contributed by atoms with Crippen molar-refractivity contribution >= 4 is 16.8 Å². The number of H-pyrrole nitrogens is 1. The Bertz CT molecular complexity index is 1340. The average Bonchev–Trinajstić information content (AvgIpc) is 3.56. The maximum atomic E-state index is 13.0. The van der Waals surface area contributed by atoms with Gasteiger partial charge in [-0.05, 0) is 54.0 Å². The Morgan fingerprint density at radius 1 is 1.12 bits per heavy atom. The number of para-hydroxylation sites is 1. The summed E-state index contributed by atoms with van der Waals surface area (Å²) in [5.41, 5.74) is 2.46. The van der Waals surface area contributed by atoms with E-state index in [1.807, 2.05) is 48.4 Å². The van der Waals surface area contributed by atoms with Gasteiger partial charge in [0, 0.05) is 36.1 Å². The third kappa shape index (κ3) is 3.23. The molecule has 0 saturated carbocycles. The third-order valence-corrected chi connectivity index (χ3v) is 6.72. The number of likely N-dealkylation sites (tertiary alicyclic amines) is 1. The minimum atomic E-state index is -0.611. The number of carbonyl (C=O) groups is 1. The molecule has 9 nitrogen and oxygen atoms in total. The molecule has 0 aliphatic carbocycles. The Labute approximate surface area is 190 Å². The van der Waals surface area contributed by atoms with Crippen molar-refractivity contribution in [3.63, 3.8) is 0 Å². The smallest absolute Gasteiger partial charge is 0.223 e. The summed E-state index contributed by atoms with van der Waals surface area (Å²) in [5.74, 6) is 2.14. The van der Waals surface area contributed by atoms with Crippen LogP contribution in [0.25, 0.3) is 16.6 Å². The summed E-state index contributed by atoms with van der Waals surface area (Å²) in [4.78, 5) is 18.2. The molecule has 1 atom stereocenters. The summed E-state index contributed by atoms with van der Waals surface area (Å²) in [6.45, 7) is 3.68. The van der Waals surface area contributed by atoms with Gasteiger partial charge < -0.3 is 19.4 Å². The van der Waals surface area contributed by atoms with E-state index in [0.717, 1.165) is 17.6 Å². The van der Waals surface area contributed by atoms with E-state index in [1.165, 1.54) is 10.9 Å². The molecule has 2 aliphatic rings. The van der Waals surface area contributed by atoms with Crippen LogP contribution in [0, 0.1) is 0 Å². The van der Waals surface area contributed by atoms with Gasteiger partial charge in [0.15, 0.2) is 17.3 Å². The van der Waals surface area contributed by atoms with Crippen molar-refractivity contribution in [3.8, 4) is 17.2 Å². The standard InChI is InChI=1S/C24H24N6O3/c1-24(23-26-27-28-30(23)17-6-7-20-21(14-17)33-13-12-32-20)10-8-22(31)29(24)11-9-16-15-25-19-5-3-2-4-18(16)19/h2-7,14-15,25H,8-13H2,1H3. The number of aromatic nitrogens is 5. The Balaban J connectivity index is 1.31. The number of nitrogens with one attached hydrogen (secondary N) is 1. The molecular weight excluding hydrogens is 420 g/mol. The van der Waals surface area contributed by atoms with Gasteiger partial charge in [-0.2, -0.15) is 4.68 Å². The molecule has 1 N–H and O–H groups in total. The van der Waals surface area contributed by atoms with E-state index >= 15 is 0 Å². The van der Waals surface area contributed by atoms with Crippen LogP contribution in [0.5, 0.6) is 11.5 Å². The normalized spacial score (nSPS) is 20.0. The van der Waals surface area contributed by atoms with Gasteiger partial charge in [0.1, 0.15) is 18.8 Å². The highest BCUT2D eigenvalue weighted by Gasteiger charge is 2.46. The van der Waals surface area contributed by atoms with Crippen LogP contribution >= 0.6 is 0 Å². The van der Waals surface area contributed by atoms with Gasteiger partial charge in [0.2, 0.25) is 5.91 Å². The first-order chi connectivity index (χ1) is 16.1. The van der Waals surface area contributed by atoms with E-state index in [0.29, 0.717) is 49.9 Å². The summed E-state index contributed by atoms with van der Waals surface area (Å²) in [6.07, 6.45) is 3.90. The zero-order valence-corrected chi connectivity index (χ0v) is 18.3. The van der Waals surface area contributed by atoms with Gasteiger partial charge in [-0.25, -0.2) is 0 Å². The number of ether oxygens (including phenoxy) is 2. The number of carbonyl (C=O) groups excluding carboxylic acids is 1. The van der Waals surface area contributed by atoms with E-state index in [1.54, 1.807) is 4.68 Å². The lowest BCUT2D eigenvalue weighted by Gasteiger charge is -2.34. The van der Waals surface area contributed by atoms with Crippen molar-refractivity contribution in [1.29, 1.82) is 0 Å². The van der Waals surface area contributed by atoms with Crippen molar-refractivity contribution in [2.24, 2.45) is 0 Å². The van der Waals surface area contributed by atoms with Crippen LogP contribution in [-0.2, 0) is 16.8 Å². The van der Waals surface area contributed by atoms with E-state index in [2.05, 4.69) is 32.6 Å². The molecule has 6 rings (SSSR count). The molecule has 1 amide bonds. The molecule has 4 aromatic rings. The number of rotatable bonds is 5. The first-order valence-corrected chi connectivity index (χ1v) is 11.2. The zero-order chi connectivity index (χ0) is 22.4. The van der Waals surface area contributed by atoms with Gasteiger partial charge in [-0.1, -0.05) is 18.2 Å². The molecule has 0 spiro atoms. The van der Waals surface area contributed by atoms with Crippen molar-refractivity contribution < 1.29 is 14.3 Å². The fourth-order valence-corrected chi connectivity index (χ4v) is 4.93. The molecule has 1 fully saturated rings. The molecule has 4 heterocycles. The molecule has 0 bridgehead atoms. The molecule has 2 aromatic heterocycles. The molecular formula is C24H24N6O3. The first-order valence-electron chi connectivity index (χ1n) is 11.2. The molecule has 2 aromatic carbocycles. The molecule has 168 valence electrons. The quantitative estimate of drug-likeness (QED) is 0.508. The van der Waals surface area contributed by atoms with E-state index in [9.17, 15) is 4.79 Å². The van der Waals surface area contributed by atoms with Crippen LogP contribution in [0.3, 0.4) is 0 Å². The topological polar surface area (TPSA) is 98.2 Å². The van der Waals surface area contributed by atoms with Crippen molar-refractivity contribution in [2.45, 2.75) is 31.7 Å². The van der Waals surface area contributed by atoms with Gasteiger partial charge in [0.25, 0.3) is 0 Å². The number of hydrogen-bond donors (Lipinski definition) is 1. The fraction of sp³-hybridized carbons (Fsp3) is 0.333. The monoisotopic (exact) mass is 444 g/mol. The Morgan fingerprint density at radius 3 is 2.88 bits per heavy atom. The van der Waals surface area contributed by atoms with Gasteiger partial charge in [-0.3, -0.25) is 4.79 Å². The highest BCUT2D eigenvalue weighted by molar-refractivity contribution is 5.83. The molecule has 1 unspecified atom stereocenters. The van der Waals surface area contributed by atoms with E-state index < -0.39 is 5.54 Å². The first kappa shape index (κ1) is 19.8. The van der Waals surface area contributed by atoms with Crippen molar-refractivity contribution in [2.75, 3.05) is 19.8 Å². The summed E-state index contributed by atoms with van der Waals surface area (Å²) >= 11 is 0. The highest BCUT2D eigenvalue weighted by Crippen LogP contribution is 2.40. The van der Waals surface area contributed by atoms with E-state index in [4.69, 9.17) is 9.47 Å². The molecule has 1 saturated heterocycles. The molecule has 33 heavy (non-hydrogen) atoms.